The minimum atomic E-state index is -0.519. The molecule has 0 aromatic carbocycles. The number of nitrogens with one attached hydrogen (secondary N) is 2. The first kappa shape index (κ1) is 15.7. The molecule has 116 valence electrons. The zero-order valence-electron chi connectivity index (χ0n) is 12.4. The molecule has 2 rings (SSSR count). The summed E-state index contributed by atoms with van der Waals surface area (Å²) in [5.41, 5.74) is 0.993. The van der Waals surface area contributed by atoms with E-state index in [1.54, 1.807) is 0 Å². The fourth-order valence-electron chi connectivity index (χ4n) is 2.15. The highest BCUT2D eigenvalue weighted by atomic mass is 32.1. The molecule has 7 nitrogen and oxygen atoms in total. The topological polar surface area (TPSA) is 83.6 Å². The fourth-order valence-corrected chi connectivity index (χ4v) is 3.18. The minimum absolute atomic E-state index is 0.0332. The zero-order valence-corrected chi connectivity index (χ0v) is 13.2. The van der Waals surface area contributed by atoms with Gasteiger partial charge in [-0.05, 0) is 13.8 Å². The average molecular weight is 312 g/mol. The van der Waals surface area contributed by atoms with Crippen LogP contribution in [0.25, 0.3) is 0 Å². The SMILES string of the molecule is COC(=O)Nc1nc2c(s1)CN(CC(=O)NC(C)C)CC2. The van der Waals surface area contributed by atoms with Crippen LogP contribution in [-0.4, -0.2) is 48.1 Å². The third-order valence-electron chi connectivity index (χ3n) is 3.02. The van der Waals surface area contributed by atoms with Crippen LogP contribution in [-0.2, 0) is 22.5 Å². The molecule has 1 aromatic heterocycles. The molecule has 1 aromatic rings. The summed E-state index contributed by atoms with van der Waals surface area (Å²) in [7, 11) is 1.32. The first-order valence-corrected chi connectivity index (χ1v) is 7.65. The van der Waals surface area contributed by atoms with E-state index in [9.17, 15) is 9.59 Å². The Morgan fingerprint density at radius 1 is 1.48 bits per heavy atom. The summed E-state index contributed by atoms with van der Waals surface area (Å²) in [5, 5.41) is 6.01. The lowest BCUT2D eigenvalue weighted by atomic mass is 10.2. The van der Waals surface area contributed by atoms with E-state index in [2.05, 4.69) is 25.3 Å². The number of thiazole rings is 1. The normalized spacial score (nSPS) is 14.7. The summed E-state index contributed by atoms with van der Waals surface area (Å²) >= 11 is 1.43. The number of aromatic nitrogens is 1. The van der Waals surface area contributed by atoms with Gasteiger partial charge in [0.25, 0.3) is 0 Å². The highest BCUT2D eigenvalue weighted by Crippen LogP contribution is 2.28. The number of carbonyl (C=O) groups excluding carboxylic acids is 2. The molecule has 0 saturated heterocycles. The molecule has 0 fully saturated rings. The Morgan fingerprint density at radius 3 is 2.90 bits per heavy atom. The van der Waals surface area contributed by atoms with E-state index in [0.29, 0.717) is 18.2 Å². The molecule has 0 spiro atoms. The lowest BCUT2D eigenvalue weighted by molar-refractivity contribution is -0.122. The number of hydrogen-bond donors (Lipinski definition) is 2. The van der Waals surface area contributed by atoms with Gasteiger partial charge >= 0.3 is 6.09 Å². The number of amides is 2. The van der Waals surface area contributed by atoms with Gasteiger partial charge in [-0.3, -0.25) is 15.0 Å². The molecule has 0 unspecified atom stereocenters. The van der Waals surface area contributed by atoms with E-state index < -0.39 is 6.09 Å². The molecule has 2 amide bonds. The Bertz CT molecular complexity index is 529. The molecule has 0 atom stereocenters. The van der Waals surface area contributed by atoms with Crippen molar-refractivity contribution >= 4 is 28.5 Å². The molecule has 2 heterocycles. The summed E-state index contributed by atoms with van der Waals surface area (Å²) < 4.78 is 4.55. The molecular formula is C13H20N4O3S. The quantitative estimate of drug-likeness (QED) is 0.873. The minimum Gasteiger partial charge on any atom is -0.453 e. The van der Waals surface area contributed by atoms with Gasteiger partial charge < -0.3 is 10.1 Å². The Morgan fingerprint density at radius 2 is 2.24 bits per heavy atom. The number of carbonyl (C=O) groups is 2. The van der Waals surface area contributed by atoms with Crippen molar-refractivity contribution in [2.75, 3.05) is 25.5 Å². The lowest BCUT2D eigenvalue weighted by Gasteiger charge is -2.25. The lowest BCUT2D eigenvalue weighted by Crippen LogP contribution is -2.41. The van der Waals surface area contributed by atoms with E-state index in [4.69, 9.17) is 0 Å². The second-order valence-corrected chi connectivity index (χ2v) is 6.27. The second-order valence-electron chi connectivity index (χ2n) is 5.19. The molecule has 1 aliphatic heterocycles. The summed E-state index contributed by atoms with van der Waals surface area (Å²) in [5.74, 6) is 0.0332. The van der Waals surface area contributed by atoms with Gasteiger partial charge in [-0.25, -0.2) is 9.78 Å². The van der Waals surface area contributed by atoms with Crippen molar-refractivity contribution < 1.29 is 14.3 Å². The third-order valence-corrected chi connectivity index (χ3v) is 4.02. The van der Waals surface area contributed by atoms with Crippen LogP contribution in [0.5, 0.6) is 0 Å². The van der Waals surface area contributed by atoms with Crippen molar-refractivity contribution in [2.24, 2.45) is 0 Å². The number of anilines is 1. The van der Waals surface area contributed by atoms with Gasteiger partial charge in [0.1, 0.15) is 0 Å². The summed E-state index contributed by atoms with van der Waals surface area (Å²) in [4.78, 5) is 30.5. The summed E-state index contributed by atoms with van der Waals surface area (Å²) in [6.45, 7) is 5.75. The summed E-state index contributed by atoms with van der Waals surface area (Å²) in [6.07, 6.45) is 0.262. The maximum absolute atomic E-state index is 11.8. The number of methoxy groups -OCH3 is 1. The van der Waals surface area contributed by atoms with Crippen LogP contribution in [0.1, 0.15) is 24.4 Å². The van der Waals surface area contributed by atoms with Crippen molar-refractivity contribution in [3.63, 3.8) is 0 Å². The number of ether oxygens (including phenoxy) is 1. The highest BCUT2D eigenvalue weighted by molar-refractivity contribution is 7.15. The van der Waals surface area contributed by atoms with Gasteiger partial charge in [-0.15, -0.1) is 0 Å². The molecule has 21 heavy (non-hydrogen) atoms. The first-order chi connectivity index (χ1) is 9.97. The van der Waals surface area contributed by atoms with Crippen molar-refractivity contribution in [3.05, 3.63) is 10.6 Å². The van der Waals surface area contributed by atoms with Crippen LogP contribution in [0.15, 0.2) is 0 Å². The van der Waals surface area contributed by atoms with Crippen LogP contribution in [0.4, 0.5) is 9.93 Å². The predicted molar refractivity (Wildman–Crippen MR) is 80.4 cm³/mol. The monoisotopic (exact) mass is 312 g/mol. The smallest absolute Gasteiger partial charge is 0.413 e. The van der Waals surface area contributed by atoms with Gasteiger partial charge in [0.05, 0.1) is 19.3 Å². The van der Waals surface area contributed by atoms with E-state index in [-0.39, 0.29) is 11.9 Å². The summed E-state index contributed by atoms with van der Waals surface area (Å²) in [6, 6.07) is 0.150. The zero-order chi connectivity index (χ0) is 15.4. The van der Waals surface area contributed by atoms with E-state index >= 15 is 0 Å². The Labute approximate surface area is 127 Å². The predicted octanol–water partition coefficient (Wildman–Crippen LogP) is 1.20. The average Bonchev–Trinajstić information content (AvgIpc) is 2.78. The van der Waals surface area contributed by atoms with Crippen molar-refractivity contribution in [2.45, 2.75) is 32.9 Å². The molecule has 8 heteroatoms. The van der Waals surface area contributed by atoms with Gasteiger partial charge in [-0.2, -0.15) is 0 Å². The van der Waals surface area contributed by atoms with E-state index in [1.807, 2.05) is 13.8 Å². The fraction of sp³-hybridized carbons (Fsp3) is 0.615. The Kier molecular flexibility index (Phi) is 5.13. The van der Waals surface area contributed by atoms with Crippen LogP contribution in [0, 0.1) is 0 Å². The number of nitrogens with zero attached hydrogens (tertiary/aromatic N) is 2. The van der Waals surface area contributed by atoms with Crippen LogP contribution < -0.4 is 10.6 Å². The van der Waals surface area contributed by atoms with Crippen LogP contribution in [0.3, 0.4) is 0 Å². The van der Waals surface area contributed by atoms with Crippen LogP contribution >= 0.6 is 11.3 Å². The molecule has 0 radical (unpaired) electrons. The van der Waals surface area contributed by atoms with Gasteiger partial charge in [0, 0.05) is 30.4 Å². The number of fused-ring (bicyclic) bond motifs is 1. The third kappa shape index (κ3) is 4.40. The molecule has 1 aliphatic rings. The molecule has 2 N–H and O–H groups in total. The Balaban J connectivity index is 1.94. The van der Waals surface area contributed by atoms with Crippen molar-refractivity contribution in [1.29, 1.82) is 0 Å². The highest BCUT2D eigenvalue weighted by Gasteiger charge is 2.23. The van der Waals surface area contributed by atoms with Crippen LogP contribution in [0.2, 0.25) is 0 Å². The van der Waals surface area contributed by atoms with Gasteiger partial charge in [0.2, 0.25) is 5.91 Å². The standard InChI is InChI=1S/C13H20N4O3S/c1-8(2)14-11(18)7-17-5-4-9-10(6-17)21-12(15-9)16-13(19)20-3/h8H,4-7H2,1-3H3,(H,14,18)(H,15,16,19). The molecule has 0 saturated carbocycles. The van der Waals surface area contributed by atoms with E-state index in [1.165, 1.54) is 18.4 Å². The van der Waals surface area contributed by atoms with Crippen molar-refractivity contribution in [3.8, 4) is 0 Å². The molecule has 0 bridgehead atoms. The maximum atomic E-state index is 11.8. The number of rotatable bonds is 4. The van der Waals surface area contributed by atoms with Gasteiger partial charge in [-0.1, -0.05) is 11.3 Å². The second kappa shape index (κ2) is 6.86. The van der Waals surface area contributed by atoms with Crippen molar-refractivity contribution in [1.82, 2.24) is 15.2 Å². The largest absolute Gasteiger partial charge is 0.453 e. The number of hydrogen-bond acceptors (Lipinski definition) is 6. The van der Waals surface area contributed by atoms with Gasteiger partial charge in [0.15, 0.2) is 5.13 Å². The maximum Gasteiger partial charge on any atom is 0.413 e. The Hall–Kier alpha value is -1.67. The first-order valence-electron chi connectivity index (χ1n) is 6.83. The molecule has 0 aliphatic carbocycles. The molecular weight excluding hydrogens is 292 g/mol. The van der Waals surface area contributed by atoms with E-state index in [0.717, 1.165) is 23.5 Å².